The molecular weight excluding hydrogens is 236 g/mol. The first-order chi connectivity index (χ1) is 9.20. The van der Waals surface area contributed by atoms with E-state index in [1.54, 1.807) is 0 Å². The van der Waals surface area contributed by atoms with Gasteiger partial charge in [0.05, 0.1) is 5.92 Å². The van der Waals surface area contributed by atoms with Crippen LogP contribution < -0.4 is 0 Å². The number of hydrogen-bond donors (Lipinski definition) is 0. The van der Waals surface area contributed by atoms with Crippen LogP contribution in [0.3, 0.4) is 0 Å². The van der Waals surface area contributed by atoms with E-state index in [4.69, 9.17) is 4.74 Å². The first-order valence-electron chi connectivity index (χ1n) is 6.91. The Morgan fingerprint density at radius 2 is 2.05 bits per heavy atom. The van der Waals surface area contributed by atoms with E-state index in [-0.39, 0.29) is 18.0 Å². The van der Waals surface area contributed by atoms with Gasteiger partial charge in [-0.25, -0.2) is 0 Å². The van der Waals surface area contributed by atoms with Crippen LogP contribution in [0.25, 0.3) is 10.8 Å². The third kappa shape index (κ3) is 2.01. The lowest BCUT2D eigenvalue weighted by atomic mass is 10.1. The summed E-state index contributed by atoms with van der Waals surface area (Å²) in [4.78, 5) is 12.0. The van der Waals surface area contributed by atoms with Crippen LogP contribution in [-0.4, -0.2) is 5.97 Å². The molecule has 2 heteroatoms. The zero-order valence-corrected chi connectivity index (χ0v) is 11.3. The predicted octanol–water partition coefficient (Wildman–Crippen LogP) is 4.03. The summed E-state index contributed by atoms with van der Waals surface area (Å²) in [6, 6.07) is 12.5. The Labute approximate surface area is 113 Å². The molecule has 1 aliphatic rings. The molecule has 0 bridgehead atoms. The van der Waals surface area contributed by atoms with Crippen molar-refractivity contribution in [3.63, 3.8) is 0 Å². The predicted molar refractivity (Wildman–Crippen MR) is 75.9 cm³/mol. The molecule has 0 saturated heterocycles. The van der Waals surface area contributed by atoms with Gasteiger partial charge < -0.3 is 4.74 Å². The van der Waals surface area contributed by atoms with Crippen molar-refractivity contribution < 1.29 is 9.53 Å². The van der Waals surface area contributed by atoms with Crippen LogP contribution in [0.2, 0.25) is 0 Å². The summed E-state index contributed by atoms with van der Waals surface area (Å²) in [6.45, 7) is 3.93. The molecule has 2 nitrogen and oxygen atoms in total. The molecule has 1 aliphatic carbocycles. The zero-order chi connectivity index (χ0) is 13.4. The second-order valence-corrected chi connectivity index (χ2v) is 5.30. The summed E-state index contributed by atoms with van der Waals surface area (Å²) in [5, 5.41) is 2.50. The first-order valence-corrected chi connectivity index (χ1v) is 6.91. The van der Waals surface area contributed by atoms with Crippen LogP contribution in [0.15, 0.2) is 36.4 Å². The van der Waals surface area contributed by atoms with E-state index in [0.29, 0.717) is 0 Å². The van der Waals surface area contributed by atoms with E-state index in [2.05, 4.69) is 30.3 Å². The van der Waals surface area contributed by atoms with Crippen molar-refractivity contribution in [2.45, 2.75) is 32.8 Å². The lowest BCUT2D eigenvalue weighted by molar-refractivity contribution is -0.153. The maximum absolute atomic E-state index is 12.0. The number of ether oxygens (including phenoxy) is 1. The molecule has 0 saturated carbocycles. The lowest BCUT2D eigenvalue weighted by Gasteiger charge is -2.16. The number of hydrogen-bond acceptors (Lipinski definition) is 2. The number of carbonyl (C=O) groups excluding carboxylic acids is 1. The van der Waals surface area contributed by atoms with E-state index in [1.165, 1.54) is 16.3 Å². The van der Waals surface area contributed by atoms with Gasteiger partial charge in [-0.15, -0.1) is 0 Å². The zero-order valence-electron chi connectivity index (χ0n) is 11.3. The molecule has 3 rings (SSSR count). The van der Waals surface area contributed by atoms with Gasteiger partial charge in [0.1, 0.15) is 6.10 Å². The van der Waals surface area contributed by atoms with Gasteiger partial charge in [-0.2, -0.15) is 0 Å². The summed E-state index contributed by atoms with van der Waals surface area (Å²) in [6.07, 6.45) is 1.52. The molecule has 0 aliphatic heterocycles. The van der Waals surface area contributed by atoms with Crippen LogP contribution in [0.4, 0.5) is 0 Å². The SMILES string of the molecule is CC[C@H](C)C(=O)OC1Cc2cccc3cccc1c23. The Kier molecular flexibility index (Phi) is 3.02. The van der Waals surface area contributed by atoms with Crippen LogP contribution in [0.5, 0.6) is 0 Å². The second-order valence-electron chi connectivity index (χ2n) is 5.30. The van der Waals surface area contributed by atoms with Crippen molar-refractivity contribution in [3.8, 4) is 0 Å². The van der Waals surface area contributed by atoms with Crippen LogP contribution >= 0.6 is 0 Å². The average Bonchev–Trinajstić information content (AvgIpc) is 2.79. The number of benzene rings is 2. The fourth-order valence-corrected chi connectivity index (χ4v) is 2.73. The Balaban J connectivity index is 1.93. The molecule has 0 spiro atoms. The maximum atomic E-state index is 12.0. The van der Waals surface area contributed by atoms with Crippen molar-refractivity contribution >= 4 is 16.7 Å². The van der Waals surface area contributed by atoms with Crippen molar-refractivity contribution in [2.75, 3.05) is 0 Å². The molecule has 0 fully saturated rings. The molecule has 0 amide bonds. The van der Waals surface area contributed by atoms with Crippen molar-refractivity contribution in [3.05, 3.63) is 47.5 Å². The fraction of sp³-hybridized carbons (Fsp3) is 0.353. The quantitative estimate of drug-likeness (QED) is 0.773. The van der Waals surface area contributed by atoms with Crippen LogP contribution in [0, 0.1) is 5.92 Å². The van der Waals surface area contributed by atoms with Gasteiger partial charge in [-0.3, -0.25) is 4.79 Å². The summed E-state index contributed by atoms with van der Waals surface area (Å²) in [7, 11) is 0. The molecule has 0 N–H and O–H groups in total. The van der Waals surface area contributed by atoms with Gasteiger partial charge in [0.15, 0.2) is 0 Å². The average molecular weight is 254 g/mol. The van der Waals surface area contributed by atoms with Gasteiger partial charge in [-0.1, -0.05) is 50.2 Å². The number of carbonyl (C=O) groups is 1. The van der Waals surface area contributed by atoms with E-state index >= 15 is 0 Å². The van der Waals surface area contributed by atoms with Crippen molar-refractivity contribution in [2.24, 2.45) is 5.92 Å². The smallest absolute Gasteiger partial charge is 0.309 e. The highest BCUT2D eigenvalue weighted by atomic mass is 16.5. The largest absolute Gasteiger partial charge is 0.457 e. The summed E-state index contributed by atoms with van der Waals surface area (Å²) >= 11 is 0. The molecule has 98 valence electrons. The van der Waals surface area contributed by atoms with Gasteiger partial charge in [-0.05, 0) is 22.8 Å². The molecule has 2 atom stereocenters. The summed E-state index contributed by atoms with van der Waals surface area (Å²) in [5.74, 6) is -0.111. The minimum atomic E-state index is -0.109. The molecule has 1 unspecified atom stereocenters. The first kappa shape index (κ1) is 12.2. The van der Waals surface area contributed by atoms with Crippen molar-refractivity contribution in [1.82, 2.24) is 0 Å². The molecule has 2 aromatic carbocycles. The van der Waals surface area contributed by atoms with Gasteiger partial charge in [0, 0.05) is 12.0 Å². The molecule has 0 aromatic heterocycles. The van der Waals surface area contributed by atoms with Crippen molar-refractivity contribution in [1.29, 1.82) is 0 Å². The maximum Gasteiger partial charge on any atom is 0.309 e. The Hall–Kier alpha value is -1.83. The van der Waals surface area contributed by atoms with E-state index in [0.717, 1.165) is 18.4 Å². The molecule has 2 aromatic rings. The summed E-state index contributed by atoms with van der Waals surface area (Å²) < 4.78 is 5.70. The second kappa shape index (κ2) is 4.69. The Morgan fingerprint density at radius 3 is 2.79 bits per heavy atom. The third-order valence-electron chi connectivity index (χ3n) is 4.05. The molecule has 19 heavy (non-hydrogen) atoms. The van der Waals surface area contributed by atoms with E-state index < -0.39 is 0 Å². The normalized spacial score (nSPS) is 18.5. The molecular formula is C17H18O2. The van der Waals surface area contributed by atoms with Gasteiger partial charge in [0.2, 0.25) is 0 Å². The van der Waals surface area contributed by atoms with Crippen LogP contribution in [-0.2, 0) is 16.0 Å². The highest BCUT2D eigenvalue weighted by Gasteiger charge is 2.28. The van der Waals surface area contributed by atoms with Crippen LogP contribution in [0.1, 0.15) is 37.5 Å². The Bertz CT molecular complexity index is 625. The topological polar surface area (TPSA) is 26.3 Å². The van der Waals surface area contributed by atoms with Gasteiger partial charge in [0.25, 0.3) is 0 Å². The minimum Gasteiger partial charge on any atom is -0.457 e. The number of esters is 1. The minimum absolute atomic E-state index is 0.0251. The lowest BCUT2D eigenvalue weighted by Crippen LogP contribution is -2.17. The van der Waals surface area contributed by atoms with E-state index in [1.807, 2.05) is 19.9 Å². The van der Waals surface area contributed by atoms with Gasteiger partial charge >= 0.3 is 5.97 Å². The summed E-state index contributed by atoms with van der Waals surface area (Å²) in [5.41, 5.74) is 2.44. The highest BCUT2D eigenvalue weighted by Crippen LogP contribution is 2.39. The highest BCUT2D eigenvalue weighted by molar-refractivity contribution is 5.91. The Morgan fingerprint density at radius 1 is 1.32 bits per heavy atom. The van der Waals surface area contributed by atoms with E-state index in [9.17, 15) is 4.79 Å². The standard InChI is InChI=1S/C17H18O2/c1-3-11(2)17(18)19-15-10-13-8-4-6-12-7-5-9-14(15)16(12)13/h4-9,11,15H,3,10H2,1-2H3/t11-,15?/m0/s1. The molecule has 0 heterocycles. The fourth-order valence-electron chi connectivity index (χ4n) is 2.73. The molecule has 0 radical (unpaired) electrons. The monoisotopic (exact) mass is 254 g/mol. The number of rotatable bonds is 3. The third-order valence-corrected chi connectivity index (χ3v) is 4.05.